The van der Waals surface area contributed by atoms with Crippen LogP contribution in [-0.4, -0.2) is 104 Å². The van der Waals surface area contributed by atoms with E-state index in [1.54, 1.807) is 27.7 Å². The minimum Gasteiger partial charge on any atom is -0.432 e. The van der Waals surface area contributed by atoms with E-state index in [2.05, 4.69) is 19.7 Å². The molecule has 3 heterocycles. The largest absolute Gasteiger partial charge is 0.510 e. The van der Waals surface area contributed by atoms with Crippen LogP contribution in [0.1, 0.15) is 33.9 Å². The Kier molecular flexibility index (Phi) is 11.4. The lowest BCUT2D eigenvalue weighted by Crippen LogP contribution is -2.53. The zero-order valence-corrected chi connectivity index (χ0v) is 24.5. The first-order valence-electron chi connectivity index (χ1n) is 12.6. The Morgan fingerprint density at radius 1 is 1.23 bits per heavy atom. The van der Waals surface area contributed by atoms with Crippen molar-refractivity contribution in [2.75, 3.05) is 32.6 Å². The first kappa shape index (κ1) is 34.5. The van der Waals surface area contributed by atoms with Crippen molar-refractivity contribution in [2.45, 2.75) is 69.9 Å². The Bertz CT molecular complexity index is 1340. The lowest BCUT2D eigenvalue weighted by Gasteiger charge is -2.31. The van der Waals surface area contributed by atoms with Gasteiger partial charge in [0, 0.05) is 0 Å². The molecular weight excluding hydrogens is 604 g/mol. The molecule has 18 nitrogen and oxygen atoms in total. The van der Waals surface area contributed by atoms with Gasteiger partial charge in [-0.05, 0) is 27.7 Å². The van der Waals surface area contributed by atoms with Gasteiger partial charge in [0.1, 0.15) is 24.6 Å². The summed E-state index contributed by atoms with van der Waals surface area (Å²) in [7, 11) is -4.88. The fourth-order valence-corrected chi connectivity index (χ4v) is 4.69. The average Bonchev–Trinajstić information content (AvgIpc) is 3.45. The van der Waals surface area contributed by atoms with Crippen molar-refractivity contribution in [3.8, 4) is 12.3 Å². The molecule has 0 saturated carbocycles. The number of anilines is 1. The fourth-order valence-electron chi connectivity index (χ4n) is 3.72. The summed E-state index contributed by atoms with van der Waals surface area (Å²) in [6.45, 7) is -0.196. The molecular formula is C23H33FN5O13P. The van der Waals surface area contributed by atoms with Gasteiger partial charge in [0.05, 0.1) is 25.1 Å². The first-order valence-corrected chi connectivity index (χ1v) is 14.0. The number of hydrogen-bond acceptors (Lipinski definition) is 17. The lowest BCUT2D eigenvalue weighted by molar-refractivity contribution is -0.295. The number of carbonyl (C=O) groups is 1. The Hall–Kier alpha value is -3.02. The highest BCUT2D eigenvalue weighted by Gasteiger charge is 2.65. The summed E-state index contributed by atoms with van der Waals surface area (Å²) in [6, 6.07) is 0. The van der Waals surface area contributed by atoms with E-state index in [0.717, 1.165) is 17.2 Å². The molecule has 2 aromatic heterocycles. The standard InChI is InChI=1S/C23H33FN5O13P/c1-6-23(33)18(30)22(7-24,42-19(23)29-10-28-15-16(25)26-9-27-17(15)29)8-37-43(34,38-11-35-20(31)40-13(2)3)39-12-36-21(32)41-14(4)5/h1,9-10,13-14,18-20,30-31,33H,7-8,11-12H2,2-5H3,(H2,25,26,27). The molecule has 6 atom stereocenters. The van der Waals surface area contributed by atoms with Crippen LogP contribution >= 0.6 is 7.82 Å². The number of hydrogen-bond donors (Lipinski definition) is 4. The van der Waals surface area contributed by atoms with Crippen molar-refractivity contribution < 1.29 is 66.3 Å². The quantitative estimate of drug-likeness (QED) is 0.0910. The number of aromatic nitrogens is 4. The highest BCUT2D eigenvalue weighted by Crippen LogP contribution is 2.53. The Labute approximate surface area is 244 Å². The van der Waals surface area contributed by atoms with E-state index in [4.69, 9.17) is 44.7 Å². The molecule has 3 rings (SSSR count). The molecule has 6 unspecified atom stereocenters. The molecule has 240 valence electrons. The van der Waals surface area contributed by atoms with Gasteiger partial charge in [0.15, 0.2) is 35.7 Å². The number of carbonyl (C=O) groups excluding carboxylic acids is 1. The van der Waals surface area contributed by atoms with Gasteiger partial charge in [-0.25, -0.2) is 33.2 Å². The maximum absolute atomic E-state index is 14.7. The Balaban J connectivity index is 1.83. The normalized spacial score (nSPS) is 26.0. The van der Waals surface area contributed by atoms with Crippen LogP contribution in [0, 0.1) is 12.3 Å². The number of fused-ring (bicyclic) bond motifs is 1. The number of terminal acetylenes is 1. The number of alkyl halides is 1. The van der Waals surface area contributed by atoms with Gasteiger partial charge in [0.2, 0.25) is 6.79 Å². The van der Waals surface area contributed by atoms with Crippen LogP contribution in [0.25, 0.3) is 11.2 Å². The second-order valence-electron chi connectivity index (χ2n) is 9.56. The minimum atomic E-state index is -4.88. The predicted octanol–water partition coefficient (Wildman–Crippen LogP) is 0.723. The number of imidazole rings is 1. The van der Waals surface area contributed by atoms with Gasteiger partial charge in [-0.15, -0.1) is 6.42 Å². The SMILES string of the molecule is C#CC1(O)C(n2cnc3c(N)ncnc32)OC(CF)(COP(=O)(OCOC(=O)OC(C)C)OCOC(O)OC(C)C)C1O. The van der Waals surface area contributed by atoms with Crippen molar-refractivity contribution in [1.82, 2.24) is 19.5 Å². The molecule has 1 saturated heterocycles. The summed E-state index contributed by atoms with van der Waals surface area (Å²) >= 11 is 0. The van der Waals surface area contributed by atoms with Crippen molar-refractivity contribution in [3.05, 3.63) is 12.7 Å². The number of ether oxygens (including phenoxy) is 5. The van der Waals surface area contributed by atoms with Crippen LogP contribution in [0.3, 0.4) is 0 Å². The molecule has 0 spiro atoms. The second-order valence-corrected chi connectivity index (χ2v) is 11.2. The van der Waals surface area contributed by atoms with Crippen molar-refractivity contribution >= 4 is 31.0 Å². The highest BCUT2D eigenvalue weighted by atomic mass is 31.2. The van der Waals surface area contributed by atoms with Gasteiger partial charge in [-0.2, -0.15) is 0 Å². The molecule has 0 bridgehead atoms. The van der Waals surface area contributed by atoms with E-state index < -0.39 is 83.1 Å². The van der Waals surface area contributed by atoms with E-state index >= 15 is 0 Å². The molecule has 20 heteroatoms. The maximum atomic E-state index is 14.7. The van der Waals surface area contributed by atoms with Crippen molar-refractivity contribution in [2.24, 2.45) is 0 Å². The fraction of sp³-hybridized carbons (Fsp3) is 0.652. The summed E-state index contributed by atoms with van der Waals surface area (Å²) in [5.41, 5.74) is 0.829. The number of rotatable bonds is 15. The number of phosphoric acid groups is 1. The smallest absolute Gasteiger partial charge is 0.432 e. The summed E-state index contributed by atoms with van der Waals surface area (Å²) < 4.78 is 69.2. The van der Waals surface area contributed by atoms with Gasteiger partial charge < -0.3 is 44.7 Å². The van der Waals surface area contributed by atoms with Crippen LogP contribution in [0.5, 0.6) is 0 Å². The third kappa shape index (κ3) is 7.93. The molecule has 43 heavy (non-hydrogen) atoms. The molecule has 1 aliphatic heterocycles. The highest BCUT2D eigenvalue weighted by molar-refractivity contribution is 7.48. The number of aliphatic hydroxyl groups excluding tert-OH is 2. The third-order valence-electron chi connectivity index (χ3n) is 5.73. The zero-order chi connectivity index (χ0) is 32.0. The van der Waals surface area contributed by atoms with Crippen LogP contribution < -0.4 is 5.73 Å². The van der Waals surface area contributed by atoms with Crippen molar-refractivity contribution in [3.63, 3.8) is 0 Å². The Morgan fingerprint density at radius 2 is 1.93 bits per heavy atom. The Morgan fingerprint density at radius 3 is 2.56 bits per heavy atom. The summed E-state index contributed by atoms with van der Waals surface area (Å²) in [4.78, 5) is 23.5. The zero-order valence-electron chi connectivity index (χ0n) is 23.6. The van der Waals surface area contributed by atoms with E-state index in [-0.39, 0.29) is 17.0 Å². The molecule has 5 N–H and O–H groups in total. The van der Waals surface area contributed by atoms with Crippen LogP contribution in [0.4, 0.5) is 15.0 Å². The van der Waals surface area contributed by atoms with Gasteiger partial charge >= 0.3 is 14.0 Å². The topological polar surface area (TPSA) is 238 Å². The third-order valence-corrected chi connectivity index (χ3v) is 7.02. The summed E-state index contributed by atoms with van der Waals surface area (Å²) in [5.74, 6) is 1.97. The number of halogens is 1. The molecule has 1 fully saturated rings. The monoisotopic (exact) mass is 637 g/mol. The molecule has 0 amide bonds. The summed E-state index contributed by atoms with van der Waals surface area (Å²) in [5, 5.41) is 32.0. The lowest BCUT2D eigenvalue weighted by atomic mass is 9.87. The van der Waals surface area contributed by atoms with E-state index in [1.807, 2.05) is 5.92 Å². The van der Waals surface area contributed by atoms with E-state index in [9.17, 15) is 29.1 Å². The predicted molar refractivity (Wildman–Crippen MR) is 140 cm³/mol. The molecule has 0 aromatic carbocycles. The van der Waals surface area contributed by atoms with Gasteiger partial charge in [-0.1, -0.05) is 5.92 Å². The number of nitrogen functional groups attached to an aromatic ring is 1. The van der Waals surface area contributed by atoms with Crippen LogP contribution in [0.2, 0.25) is 0 Å². The second kappa shape index (κ2) is 14.2. The number of aliphatic hydroxyl groups is 3. The van der Waals surface area contributed by atoms with Crippen LogP contribution in [-0.2, 0) is 41.8 Å². The van der Waals surface area contributed by atoms with Crippen molar-refractivity contribution in [1.29, 1.82) is 0 Å². The molecule has 1 aliphatic rings. The van der Waals surface area contributed by atoms with E-state index in [1.165, 1.54) is 0 Å². The van der Waals surface area contributed by atoms with Crippen LogP contribution in [0.15, 0.2) is 12.7 Å². The molecule has 0 aliphatic carbocycles. The van der Waals surface area contributed by atoms with E-state index in [0.29, 0.717) is 0 Å². The molecule has 0 radical (unpaired) electrons. The number of nitrogens with zero attached hydrogens (tertiary/aromatic N) is 4. The number of phosphoric ester groups is 1. The molecule has 2 aromatic rings. The van der Waals surface area contributed by atoms with Gasteiger partial charge in [0.25, 0.3) is 6.48 Å². The van der Waals surface area contributed by atoms with Gasteiger partial charge in [-0.3, -0.25) is 13.6 Å². The number of nitrogens with two attached hydrogens (primary N) is 1. The average molecular weight is 638 g/mol. The minimum absolute atomic E-state index is 0.0208. The first-order chi connectivity index (χ1) is 20.2. The summed E-state index contributed by atoms with van der Waals surface area (Å²) in [6.07, 6.45) is 1.63. The maximum Gasteiger partial charge on any atom is 0.510 e.